The van der Waals surface area contributed by atoms with Crippen molar-refractivity contribution in [2.24, 2.45) is 0 Å². The van der Waals surface area contributed by atoms with Crippen molar-refractivity contribution in [2.45, 2.75) is 12.3 Å². The standard InChI is InChI=1S/C32H29N3O5/c1-34-13-15-35(16-14-34)28(39)17-23(22-11-5-9-21-10-6-12-33-31(21)22)29-24(36)18-25(37)30-26(38)19-27(40-32(29)30)20-7-3-2-4-8-20/h2-12,18-19,23,36-37H,13-17H2,1H3/t23-/m0/s1. The maximum atomic E-state index is 13.7. The van der Waals surface area contributed by atoms with Gasteiger partial charge in [-0.3, -0.25) is 14.6 Å². The number of benzene rings is 3. The van der Waals surface area contributed by atoms with Gasteiger partial charge in [-0.05, 0) is 18.7 Å². The Morgan fingerprint density at radius 1 is 0.950 bits per heavy atom. The van der Waals surface area contributed by atoms with Gasteiger partial charge in [0.05, 0.1) is 5.52 Å². The monoisotopic (exact) mass is 535 g/mol. The van der Waals surface area contributed by atoms with Crippen LogP contribution >= 0.6 is 0 Å². The molecule has 0 unspecified atom stereocenters. The summed E-state index contributed by atoms with van der Waals surface area (Å²) in [4.78, 5) is 35.7. The summed E-state index contributed by atoms with van der Waals surface area (Å²) in [5.41, 5.74) is 1.95. The van der Waals surface area contributed by atoms with E-state index in [1.165, 1.54) is 6.07 Å². The van der Waals surface area contributed by atoms with Crippen LogP contribution in [0.5, 0.6) is 11.5 Å². The van der Waals surface area contributed by atoms with Crippen LogP contribution in [0.4, 0.5) is 0 Å². The van der Waals surface area contributed by atoms with Crippen LogP contribution in [0.3, 0.4) is 0 Å². The Morgan fingerprint density at radius 2 is 1.70 bits per heavy atom. The SMILES string of the molecule is CN1CCN(C(=O)C[C@@H](c2cccc3cccnc23)c2c(O)cc(O)c3c(=O)cc(-c4ccccc4)oc23)CC1. The third-order valence-corrected chi connectivity index (χ3v) is 7.68. The largest absolute Gasteiger partial charge is 0.507 e. The smallest absolute Gasteiger partial charge is 0.223 e. The summed E-state index contributed by atoms with van der Waals surface area (Å²) in [5.74, 6) is -1.13. The highest BCUT2D eigenvalue weighted by Gasteiger charge is 2.31. The van der Waals surface area contributed by atoms with Gasteiger partial charge < -0.3 is 24.4 Å². The van der Waals surface area contributed by atoms with Gasteiger partial charge in [0.15, 0.2) is 5.43 Å². The second-order valence-electron chi connectivity index (χ2n) is 10.2. The molecule has 0 spiro atoms. The molecular weight excluding hydrogens is 506 g/mol. The maximum absolute atomic E-state index is 13.7. The number of carbonyl (C=O) groups excluding carboxylic acids is 1. The van der Waals surface area contributed by atoms with E-state index in [4.69, 9.17) is 4.42 Å². The summed E-state index contributed by atoms with van der Waals surface area (Å²) >= 11 is 0. The van der Waals surface area contributed by atoms with Crippen molar-refractivity contribution in [1.82, 2.24) is 14.8 Å². The molecule has 2 N–H and O–H groups in total. The summed E-state index contributed by atoms with van der Waals surface area (Å²) in [7, 11) is 2.03. The molecule has 8 nitrogen and oxygen atoms in total. The second-order valence-corrected chi connectivity index (χ2v) is 10.2. The summed E-state index contributed by atoms with van der Waals surface area (Å²) in [6.45, 7) is 2.75. The lowest BCUT2D eigenvalue weighted by Gasteiger charge is -2.33. The molecule has 1 saturated heterocycles. The fourth-order valence-corrected chi connectivity index (χ4v) is 5.54. The Hall–Kier alpha value is -4.69. The number of phenols is 2. The molecule has 0 bridgehead atoms. The number of aromatic nitrogens is 1. The number of hydrogen-bond donors (Lipinski definition) is 2. The first-order valence-electron chi connectivity index (χ1n) is 13.3. The number of piperazine rings is 1. The molecule has 0 aliphatic carbocycles. The number of para-hydroxylation sites is 1. The van der Waals surface area contributed by atoms with Crippen LogP contribution < -0.4 is 5.43 Å². The highest BCUT2D eigenvalue weighted by atomic mass is 16.3. The summed E-state index contributed by atoms with van der Waals surface area (Å²) in [5, 5.41) is 22.9. The minimum atomic E-state index is -0.706. The summed E-state index contributed by atoms with van der Waals surface area (Å²) in [6, 6.07) is 21.1. The van der Waals surface area contributed by atoms with Crippen LogP contribution in [0.2, 0.25) is 0 Å². The van der Waals surface area contributed by atoms with Gasteiger partial charge in [0.25, 0.3) is 0 Å². The molecule has 3 heterocycles. The van der Waals surface area contributed by atoms with Crippen LogP contribution in [0.15, 0.2) is 88.2 Å². The third kappa shape index (κ3) is 4.67. The molecular formula is C32H29N3O5. The Morgan fingerprint density at radius 3 is 2.48 bits per heavy atom. The van der Waals surface area contributed by atoms with Gasteiger partial charge in [-0.1, -0.05) is 54.6 Å². The van der Waals surface area contributed by atoms with Gasteiger partial charge in [-0.25, -0.2) is 0 Å². The number of aromatic hydroxyl groups is 2. The number of amides is 1. The highest BCUT2D eigenvalue weighted by molar-refractivity contribution is 5.92. The number of phenolic OH excluding ortho intramolecular Hbond substituents is 2. The van der Waals surface area contributed by atoms with E-state index in [2.05, 4.69) is 9.88 Å². The van der Waals surface area contributed by atoms with E-state index in [-0.39, 0.29) is 40.4 Å². The van der Waals surface area contributed by atoms with Crippen molar-refractivity contribution in [2.75, 3.05) is 33.2 Å². The molecule has 1 atom stereocenters. The minimum absolute atomic E-state index is 0.0200. The van der Waals surface area contributed by atoms with Crippen molar-refractivity contribution in [3.63, 3.8) is 0 Å². The van der Waals surface area contributed by atoms with Crippen molar-refractivity contribution in [1.29, 1.82) is 0 Å². The normalized spacial score (nSPS) is 15.0. The number of rotatable bonds is 5. The number of hydrogen-bond acceptors (Lipinski definition) is 7. The van der Waals surface area contributed by atoms with E-state index in [0.29, 0.717) is 29.9 Å². The van der Waals surface area contributed by atoms with E-state index in [9.17, 15) is 19.8 Å². The van der Waals surface area contributed by atoms with Crippen LogP contribution in [0, 0.1) is 0 Å². The Kier molecular flexibility index (Phi) is 6.69. The fraction of sp³-hybridized carbons (Fsp3) is 0.219. The number of likely N-dealkylation sites (N-methyl/N-ethyl adjacent to an activating group) is 1. The van der Waals surface area contributed by atoms with Crippen LogP contribution in [0.1, 0.15) is 23.5 Å². The van der Waals surface area contributed by atoms with E-state index < -0.39 is 11.3 Å². The zero-order valence-corrected chi connectivity index (χ0v) is 22.1. The van der Waals surface area contributed by atoms with Gasteiger partial charge in [-0.15, -0.1) is 0 Å². The minimum Gasteiger partial charge on any atom is -0.507 e. The molecule has 2 aromatic heterocycles. The number of fused-ring (bicyclic) bond motifs is 2. The van der Waals surface area contributed by atoms with Crippen LogP contribution in [0.25, 0.3) is 33.2 Å². The molecule has 6 rings (SSSR count). The zero-order chi connectivity index (χ0) is 27.8. The second kappa shape index (κ2) is 10.5. The fourth-order valence-electron chi connectivity index (χ4n) is 5.54. The summed E-state index contributed by atoms with van der Waals surface area (Å²) < 4.78 is 6.31. The van der Waals surface area contributed by atoms with Gasteiger partial charge >= 0.3 is 0 Å². The van der Waals surface area contributed by atoms with Crippen LogP contribution in [-0.4, -0.2) is 64.1 Å². The topological polar surface area (TPSA) is 107 Å². The van der Waals surface area contributed by atoms with Gasteiger partial charge in [0.1, 0.15) is 28.2 Å². The van der Waals surface area contributed by atoms with Gasteiger partial charge in [0, 0.05) is 73.4 Å². The average Bonchev–Trinajstić information content (AvgIpc) is 2.96. The number of carbonyl (C=O) groups is 1. The first-order chi connectivity index (χ1) is 19.4. The van der Waals surface area contributed by atoms with Crippen molar-refractivity contribution in [3.05, 3.63) is 100 Å². The quantitative estimate of drug-likeness (QED) is 0.336. The molecule has 1 amide bonds. The number of pyridine rings is 1. The first-order valence-corrected chi connectivity index (χ1v) is 13.3. The first kappa shape index (κ1) is 25.6. The van der Waals surface area contributed by atoms with Crippen LogP contribution in [-0.2, 0) is 4.79 Å². The molecule has 1 aliphatic heterocycles. The Balaban J connectivity index is 1.59. The Labute approximate surface area is 230 Å². The molecule has 202 valence electrons. The zero-order valence-electron chi connectivity index (χ0n) is 22.1. The van der Waals surface area contributed by atoms with E-state index >= 15 is 0 Å². The van der Waals surface area contributed by atoms with Crippen molar-refractivity contribution < 1.29 is 19.4 Å². The molecule has 1 fully saturated rings. The predicted molar refractivity (Wildman–Crippen MR) is 154 cm³/mol. The van der Waals surface area contributed by atoms with Crippen molar-refractivity contribution in [3.8, 4) is 22.8 Å². The predicted octanol–water partition coefficient (Wildman–Crippen LogP) is 4.72. The molecule has 1 aliphatic rings. The third-order valence-electron chi connectivity index (χ3n) is 7.68. The van der Waals surface area contributed by atoms with Crippen molar-refractivity contribution >= 4 is 27.8 Å². The summed E-state index contributed by atoms with van der Waals surface area (Å²) in [6.07, 6.45) is 1.71. The molecule has 0 radical (unpaired) electrons. The molecule has 40 heavy (non-hydrogen) atoms. The Bertz CT molecular complexity index is 1770. The highest BCUT2D eigenvalue weighted by Crippen LogP contribution is 2.44. The maximum Gasteiger partial charge on any atom is 0.223 e. The van der Waals surface area contributed by atoms with Gasteiger partial charge in [0.2, 0.25) is 5.91 Å². The number of nitrogens with zero attached hydrogens (tertiary/aromatic N) is 3. The van der Waals surface area contributed by atoms with E-state index in [1.807, 2.05) is 72.6 Å². The molecule has 3 aromatic carbocycles. The lowest BCUT2D eigenvalue weighted by molar-refractivity contribution is -0.133. The average molecular weight is 536 g/mol. The lowest BCUT2D eigenvalue weighted by Crippen LogP contribution is -2.47. The van der Waals surface area contributed by atoms with E-state index in [1.54, 1.807) is 6.20 Å². The molecule has 8 heteroatoms. The lowest BCUT2D eigenvalue weighted by atomic mass is 9.84. The molecule has 0 saturated carbocycles. The molecule has 5 aromatic rings. The van der Waals surface area contributed by atoms with Gasteiger partial charge in [-0.2, -0.15) is 0 Å². The van der Waals surface area contributed by atoms with E-state index in [0.717, 1.165) is 30.1 Å².